The van der Waals surface area contributed by atoms with Gasteiger partial charge in [0.2, 0.25) is 0 Å². The monoisotopic (exact) mass is 279 g/mol. The highest BCUT2D eigenvalue weighted by Crippen LogP contribution is 2.32. The van der Waals surface area contributed by atoms with Crippen molar-refractivity contribution in [1.82, 2.24) is 4.98 Å². The van der Waals surface area contributed by atoms with Crippen LogP contribution in [0.4, 0.5) is 13.2 Å². The number of benzene rings is 1. The third-order valence-corrected chi connectivity index (χ3v) is 2.82. The van der Waals surface area contributed by atoms with E-state index in [1.54, 1.807) is 13.8 Å². The van der Waals surface area contributed by atoms with Crippen LogP contribution in [0.5, 0.6) is 0 Å². The molecule has 104 valence electrons. The Morgan fingerprint density at radius 3 is 2.15 bits per heavy atom. The molecule has 5 heteroatoms. The van der Waals surface area contributed by atoms with Crippen molar-refractivity contribution in [3.05, 3.63) is 64.5 Å². The van der Waals surface area contributed by atoms with Gasteiger partial charge in [0.05, 0.1) is 5.56 Å². The fourth-order valence-corrected chi connectivity index (χ4v) is 2.05. The van der Waals surface area contributed by atoms with Gasteiger partial charge in [-0.3, -0.25) is 9.78 Å². The van der Waals surface area contributed by atoms with Gasteiger partial charge in [-0.25, -0.2) is 0 Å². The Hall–Kier alpha value is -2.17. The predicted octanol–water partition coefficient (Wildman–Crippen LogP) is 3.95. The van der Waals surface area contributed by atoms with E-state index < -0.39 is 17.5 Å². The molecule has 0 N–H and O–H groups in total. The average molecular weight is 279 g/mol. The molecule has 1 heterocycles. The summed E-state index contributed by atoms with van der Waals surface area (Å²) in [4.78, 5) is 16.4. The van der Waals surface area contributed by atoms with E-state index in [2.05, 4.69) is 4.98 Å². The lowest BCUT2D eigenvalue weighted by Gasteiger charge is -2.12. The van der Waals surface area contributed by atoms with Crippen molar-refractivity contribution in [3.63, 3.8) is 0 Å². The second-order valence-corrected chi connectivity index (χ2v) is 4.51. The van der Waals surface area contributed by atoms with Gasteiger partial charge in [-0.15, -0.1) is 0 Å². The van der Waals surface area contributed by atoms with Crippen molar-refractivity contribution in [2.45, 2.75) is 20.0 Å². The Bertz CT molecular complexity index is 642. The standard InChI is InChI=1S/C15H12F3NO/c1-9-7-11(8-10(2)19-9)14(20)12-5-3-4-6-13(12)15(16,17)18/h3-8H,1-2H3. The summed E-state index contributed by atoms with van der Waals surface area (Å²) in [5.74, 6) is -0.647. The molecular weight excluding hydrogens is 267 g/mol. The van der Waals surface area contributed by atoms with Crippen molar-refractivity contribution < 1.29 is 18.0 Å². The molecule has 0 spiro atoms. The van der Waals surface area contributed by atoms with Crippen LogP contribution >= 0.6 is 0 Å². The normalized spacial score (nSPS) is 11.4. The largest absolute Gasteiger partial charge is 0.417 e. The minimum Gasteiger partial charge on any atom is -0.289 e. The maximum atomic E-state index is 12.9. The summed E-state index contributed by atoms with van der Waals surface area (Å²) in [6.07, 6.45) is -4.55. The van der Waals surface area contributed by atoms with Crippen LogP contribution < -0.4 is 0 Å². The van der Waals surface area contributed by atoms with Crippen LogP contribution in [0.25, 0.3) is 0 Å². The van der Waals surface area contributed by atoms with Crippen LogP contribution in [0, 0.1) is 13.8 Å². The Morgan fingerprint density at radius 1 is 1.05 bits per heavy atom. The molecular formula is C15H12F3NO. The number of nitrogens with zero attached hydrogens (tertiary/aromatic N) is 1. The first kappa shape index (κ1) is 14.2. The summed E-state index contributed by atoms with van der Waals surface area (Å²) in [6.45, 7) is 3.39. The quantitative estimate of drug-likeness (QED) is 0.779. The first-order valence-electron chi connectivity index (χ1n) is 5.95. The van der Waals surface area contributed by atoms with Gasteiger partial charge in [0.15, 0.2) is 5.78 Å². The van der Waals surface area contributed by atoms with E-state index in [-0.39, 0.29) is 11.1 Å². The summed E-state index contributed by atoms with van der Waals surface area (Å²) < 4.78 is 38.8. The Labute approximate surface area is 114 Å². The van der Waals surface area contributed by atoms with E-state index in [0.29, 0.717) is 11.4 Å². The molecule has 2 rings (SSSR count). The second kappa shape index (κ2) is 5.07. The maximum absolute atomic E-state index is 12.9. The highest BCUT2D eigenvalue weighted by Gasteiger charge is 2.35. The van der Waals surface area contributed by atoms with Crippen molar-refractivity contribution in [2.24, 2.45) is 0 Å². The zero-order valence-corrected chi connectivity index (χ0v) is 11.0. The van der Waals surface area contributed by atoms with Crippen molar-refractivity contribution in [3.8, 4) is 0 Å². The molecule has 1 aromatic heterocycles. The van der Waals surface area contributed by atoms with E-state index in [1.165, 1.54) is 30.3 Å². The molecule has 1 aromatic carbocycles. The number of carbonyl (C=O) groups excluding carboxylic acids is 1. The topological polar surface area (TPSA) is 30.0 Å². The van der Waals surface area contributed by atoms with Gasteiger partial charge in [0, 0.05) is 22.5 Å². The maximum Gasteiger partial charge on any atom is 0.417 e. The summed E-state index contributed by atoms with van der Waals surface area (Å²) in [7, 11) is 0. The zero-order valence-electron chi connectivity index (χ0n) is 11.0. The van der Waals surface area contributed by atoms with Gasteiger partial charge in [0.1, 0.15) is 0 Å². The fraction of sp³-hybridized carbons (Fsp3) is 0.200. The molecule has 0 aliphatic rings. The van der Waals surface area contributed by atoms with Gasteiger partial charge in [0.25, 0.3) is 0 Å². The number of hydrogen-bond acceptors (Lipinski definition) is 2. The van der Waals surface area contributed by atoms with Crippen LogP contribution in [0.2, 0.25) is 0 Å². The minimum atomic E-state index is -4.55. The first-order chi connectivity index (χ1) is 9.29. The molecule has 0 bridgehead atoms. The Kier molecular flexibility index (Phi) is 3.61. The van der Waals surface area contributed by atoms with Crippen molar-refractivity contribution in [1.29, 1.82) is 0 Å². The molecule has 0 unspecified atom stereocenters. The van der Waals surface area contributed by atoms with Gasteiger partial charge in [-0.1, -0.05) is 18.2 Å². The smallest absolute Gasteiger partial charge is 0.289 e. The average Bonchev–Trinajstić information content (AvgIpc) is 2.35. The summed E-state index contributed by atoms with van der Waals surface area (Å²) >= 11 is 0. The fourth-order valence-electron chi connectivity index (χ4n) is 2.05. The molecule has 2 nitrogen and oxygen atoms in total. The van der Waals surface area contributed by atoms with Gasteiger partial charge >= 0.3 is 6.18 Å². The lowest BCUT2D eigenvalue weighted by Crippen LogP contribution is -2.14. The zero-order chi connectivity index (χ0) is 14.9. The Balaban J connectivity index is 2.54. The predicted molar refractivity (Wildman–Crippen MR) is 68.6 cm³/mol. The van der Waals surface area contributed by atoms with Gasteiger partial charge in [-0.05, 0) is 32.0 Å². The third kappa shape index (κ3) is 2.87. The summed E-state index contributed by atoms with van der Waals surface area (Å²) in [5, 5.41) is 0. The number of aromatic nitrogens is 1. The third-order valence-electron chi connectivity index (χ3n) is 2.82. The van der Waals surface area contributed by atoms with Crippen LogP contribution in [-0.2, 0) is 6.18 Å². The van der Waals surface area contributed by atoms with Crippen LogP contribution in [0.3, 0.4) is 0 Å². The lowest BCUT2D eigenvalue weighted by atomic mass is 9.98. The number of ketones is 1. The molecule has 2 aromatic rings. The SMILES string of the molecule is Cc1cc(C(=O)c2ccccc2C(F)(F)F)cc(C)n1. The number of aryl methyl sites for hydroxylation is 2. The van der Waals surface area contributed by atoms with E-state index in [9.17, 15) is 18.0 Å². The van der Waals surface area contributed by atoms with Gasteiger partial charge in [-0.2, -0.15) is 13.2 Å². The molecule has 20 heavy (non-hydrogen) atoms. The van der Waals surface area contributed by atoms with E-state index in [4.69, 9.17) is 0 Å². The molecule has 0 aliphatic heterocycles. The summed E-state index contributed by atoms with van der Waals surface area (Å²) in [6, 6.07) is 7.77. The highest BCUT2D eigenvalue weighted by atomic mass is 19.4. The van der Waals surface area contributed by atoms with E-state index >= 15 is 0 Å². The molecule has 0 saturated heterocycles. The van der Waals surface area contributed by atoms with Crippen LogP contribution in [-0.4, -0.2) is 10.8 Å². The molecule has 0 fully saturated rings. The number of carbonyl (C=O) groups is 1. The van der Waals surface area contributed by atoms with Gasteiger partial charge < -0.3 is 0 Å². The van der Waals surface area contributed by atoms with Crippen LogP contribution in [0.15, 0.2) is 36.4 Å². The summed E-state index contributed by atoms with van der Waals surface area (Å²) in [5.41, 5.74) is 0.143. The number of hydrogen-bond donors (Lipinski definition) is 0. The number of alkyl halides is 3. The minimum absolute atomic E-state index is 0.215. The number of halogens is 3. The Morgan fingerprint density at radius 2 is 1.60 bits per heavy atom. The lowest BCUT2D eigenvalue weighted by molar-refractivity contribution is -0.137. The molecule has 0 amide bonds. The van der Waals surface area contributed by atoms with Crippen LogP contribution in [0.1, 0.15) is 32.9 Å². The van der Waals surface area contributed by atoms with Crippen molar-refractivity contribution >= 4 is 5.78 Å². The van der Waals surface area contributed by atoms with E-state index in [0.717, 1.165) is 6.07 Å². The van der Waals surface area contributed by atoms with Crippen molar-refractivity contribution in [2.75, 3.05) is 0 Å². The first-order valence-corrected chi connectivity index (χ1v) is 5.95. The molecule has 0 saturated carbocycles. The molecule has 0 radical (unpaired) electrons. The second-order valence-electron chi connectivity index (χ2n) is 4.51. The molecule has 0 atom stereocenters. The number of rotatable bonds is 2. The highest BCUT2D eigenvalue weighted by molar-refractivity contribution is 6.10. The van der Waals surface area contributed by atoms with E-state index in [1.807, 2.05) is 0 Å². The number of pyridine rings is 1. The molecule has 0 aliphatic carbocycles.